The van der Waals surface area contributed by atoms with Gasteiger partial charge < -0.3 is 9.73 Å². The lowest BCUT2D eigenvalue weighted by Gasteiger charge is -2.05. The number of oxazole rings is 1. The summed E-state index contributed by atoms with van der Waals surface area (Å²) in [5.41, 5.74) is 3.79. The number of anilines is 1. The number of hydrogen-bond acceptors (Lipinski definition) is 3. The van der Waals surface area contributed by atoms with Crippen molar-refractivity contribution in [1.82, 2.24) is 4.98 Å². The van der Waals surface area contributed by atoms with Gasteiger partial charge in [-0.1, -0.05) is 12.1 Å². The predicted octanol–water partition coefficient (Wildman–Crippen LogP) is 3.39. The minimum atomic E-state index is -0.157. The number of amides is 1. The molecule has 19 heavy (non-hydrogen) atoms. The van der Waals surface area contributed by atoms with Crippen LogP contribution in [0, 0.1) is 6.92 Å². The molecule has 0 spiro atoms. The number of hydrogen-bond donors (Lipinski definition) is 1. The molecule has 4 heteroatoms. The van der Waals surface area contributed by atoms with Crippen molar-refractivity contribution < 1.29 is 9.21 Å². The van der Waals surface area contributed by atoms with Crippen molar-refractivity contribution in [3.8, 4) is 0 Å². The van der Waals surface area contributed by atoms with Gasteiger partial charge in [-0.15, -0.1) is 0 Å². The van der Waals surface area contributed by atoms with Gasteiger partial charge in [0.05, 0.1) is 0 Å². The second-order valence-electron chi connectivity index (χ2n) is 4.36. The molecule has 0 radical (unpaired) electrons. The second kappa shape index (κ2) is 4.57. The summed E-state index contributed by atoms with van der Waals surface area (Å²) >= 11 is 0. The summed E-state index contributed by atoms with van der Waals surface area (Å²) in [5.74, 6) is -0.157. The van der Waals surface area contributed by atoms with Gasteiger partial charge in [0.1, 0.15) is 5.52 Å². The minimum Gasteiger partial charge on any atom is -0.443 e. The summed E-state index contributed by atoms with van der Waals surface area (Å²) < 4.78 is 5.14. The van der Waals surface area contributed by atoms with Gasteiger partial charge in [0.15, 0.2) is 12.0 Å². The van der Waals surface area contributed by atoms with Crippen molar-refractivity contribution in [2.75, 3.05) is 5.32 Å². The molecule has 0 saturated heterocycles. The number of carbonyl (C=O) groups excluding carboxylic acids is 1. The molecule has 1 heterocycles. The lowest BCUT2D eigenvalue weighted by molar-refractivity contribution is 0.102. The van der Waals surface area contributed by atoms with E-state index in [0.717, 1.165) is 11.3 Å². The van der Waals surface area contributed by atoms with Crippen molar-refractivity contribution in [1.29, 1.82) is 0 Å². The van der Waals surface area contributed by atoms with Gasteiger partial charge in [-0.05, 0) is 42.8 Å². The topological polar surface area (TPSA) is 55.1 Å². The number of aromatic nitrogens is 1. The van der Waals surface area contributed by atoms with E-state index < -0.39 is 0 Å². The van der Waals surface area contributed by atoms with Crippen molar-refractivity contribution in [2.45, 2.75) is 6.92 Å². The molecule has 0 aliphatic heterocycles. The fourth-order valence-electron chi connectivity index (χ4n) is 1.93. The van der Waals surface area contributed by atoms with Crippen molar-refractivity contribution in [3.05, 3.63) is 60.0 Å². The standard InChI is InChI=1S/C15H12N2O2/c1-10-3-2-4-12(7-10)17-15(18)11-5-6-14-13(8-11)16-9-19-14/h2-9H,1H3,(H,17,18). The van der Waals surface area contributed by atoms with Crippen molar-refractivity contribution in [3.63, 3.8) is 0 Å². The zero-order valence-corrected chi connectivity index (χ0v) is 10.4. The lowest BCUT2D eigenvalue weighted by Crippen LogP contribution is -2.11. The Morgan fingerprint density at radius 2 is 2.11 bits per heavy atom. The fraction of sp³-hybridized carbons (Fsp3) is 0.0667. The van der Waals surface area contributed by atoms with Gasteiger partial charge in [-0.3, -0.25) is 4.79 Å². The molecule has 0 bridgehead atoms. The normalized spacial score (nSPS) is 10.6. The van der Waals surface area contributed by atoms with Crippen LogP contribution in [0.3, 0.4) is 0 Å². The van der Waals surface area contributed by atoms with Crippen LogP contribution in [-0.2, 0) is 0 Å². The van der Waals surface area contributed by atoms with Crippen LogP contribution in [0.5, 0.6) is 0 Å². The van der Waals surface area contributed by atoms with E-state index >= 15 is 0 Å². The van der Waals surface area contributed by atoms with E-state index in [1.165, 1.54) is 6.39 Å². The van der Waals surface area contributed by atoms with Gasteiger partial charge in [-0.2, -0.15) is 0 Å². The first-order chi connectivity index (χ1) is 9.22. The fourth-order valence-corrected chi connectivity index (χ4v) is 1.93. The number of nitrogens with zero attached hydrogens (tertiary/aromatic N) is 1. The number of rotatable bonds is 2. The molecule has 1 aromatic heterocycles. The van der Waals surface area contributed by atoms with E-state index in [-0.39, 0.29) is 5.91 Å². The van der Waals surface area contributed by atoms with Gasteiger partial charge in [0, 0.05) is 11.3 Å². The summed E-state index contributed by atoms with van der Waals surface area (Å²) in [6, 6.07) is 12.9. The Hall–Kier alpha value is -2.62. The van der Waals surface area contributed by atoms with Crippen LogP contribution in [0.15, 0.2) is 53.3 Å². The highest BCUT2D eigenvalue weighted by molar-refractivity contribution is 6.05. The van der Waals surface area contributed by atoms with Crippen LogP contribution >= 0.6 is 0 Å². The lowest BCUT2D eigenvalue weighted by atomic mass is 10.1. The quantitative estimate of drug-likeness (QED) is 0.760. The molecule has 3 aromatic rings. The summed E-state index contributed by atoms with van der Waals surface area (Å²) in [4.78, 5) is 16.2. The largest absolute Gasteiger partial charge is 0.443 e. The third kappa shape index (κ3) is 2.33. The van der Waals surface area contributed by atoms with E-state index in [1.54, 1.807) is 18.2 Å². The maximum Gasteiger partial charge on any atom is 0.255 e. The first-order valence-corrected chi connectivity index (χ1v) is 5.94. The predicted molar refractivity (Wildman–Crippen MR) is 73.1 cm³/mol. The molecular weight excluding hydrogens is 240 g/mol. The number of fused-ring (bicyclic) bond motifs is 1. The average molecular weight is 252 g/mol. The van der Waals surface area contributed by atoms with Gasteiger partial charge in [0.25, 0.3) is 5.91 Å². The maximum atomic E-state index is 12.1. The summed E-state index contributed by atoms with van der Waals surface area (Å²) in [5, 5.41) is 2.86. The first-order valence-electron chi connectivity index (χ1n) is 5.94. The summed E-state index contributed by atoms with van der Waals surface area (Å²) in [7, 11) is 0. The maximum absolute atomic E-state index is 12.1. The Labute approximate surface area is 110 Å². The Balaban J connectivity index is 1.87. The van der Waals surface area contributed by atoms with E-state index in [2.05, 4.69) is 10.3 Å². The second-order valence-corrected chi connectivity index (χ2v) is 4.36. The summed E-state index contributed by atoms with van der Waals surface area (Å²) in [6.45, 7) is 1.98. The van der Waals surface area contributed by atoms with Gasteiger partial charge >= 0.3 is 0 Å². The first kappa shape index (κ1) is 11.5. The Morgan fingerprint density at radius 1 is 1.21 bits per heavy atom. The van der Waals surface area contributed by atoms with E-state index in [9.17, 15) is 4.79 Å². The SMILES string of the molecule is Cc1cccc(NC(=O)c2ccc3ocnc3c2)c1. The average Bonchev–Trinajstić information content (AvgIpc) is 2.85. The highest BCUT2D eigenvalue weighted by Gasteiger charge is 2.08. The molecule has 3 rings (SSSR count). The number of carbonyl (C=O) groups is 1. The third-order valence-electron chi connectivity index (χ3n) is 2.87. The number of benzene rings is 2. The molecule has 0 aliphatic rings. The van der Waals surface area contributed by atoms with Crippen LogP contribution in [0.25, 0.3) is 11.1 Å². The molecule has 0 fully saturated rings. The summed E-state index contributed by atoms with van der Waals surface area (Å²) in [6.07, 6.45) is 1.37. The molecule has 1 N–H and O–H groups in total. The molecule has 1 amide bonds. The molecule has 0 saturated carbocycles. The number of aryl methyl sites for hydroxylation is 1. The molecule has 0 aliphatic carbocycles. The minimum absolute atomic E-state index is 0.157. The van der Waals surface area contributed by atoms with E-state index in [1.807, 2.05) is 31.2 Å². The van der Waals surface area contributed by atoms with Crippen LogP contribution in [-0.4, -0.2) is 10.9 Å². The zero-order chi connectivity index (χ0) is 13.2. The van der Waals surface area contributed by atoms with Gasteiger partial charge in [-0.25, -0.2) is 4.98 Å². The van der Waals surface area contributed by atoms with Crippen LogP contribution in [0.1, 0.15) is 15.9 Å². The molecule has 0 atom stereocenters. The molecule has 0 unspecified atom stereocenters. The van der Waals surface area contributed by atoms with Crippen LogP contribution in [0.2, 0.25) is 0 Å². The Bertz CT molecular complexity index is 746. The van der Waals surface area contributed by atoms with Gasteiger partial charge in [0.2, 0.25) is 0 Å². The monoisotopic (exact) mass is 252 g/mol. The third-order valence-corrected chi connectivity index (χ3v) is 2.87. The zero-order valence-electron chi connectivity index (χ0n) is 10.4. The van der Waals surface area contributed by atoms with Crippen LogP contribution < -0.4 is 5.32 Å². The van der Waals surface area contributed by atoms with E-state index in [0.29, 0.717) is 16.7 Å². The smallest absolute Gasteiger partial charge is 0.255 e. The number of nitrogens with one attached hydrogen (secondary N) is 1. The molecule has 94 valence electrons. The molecule has 4 nitrogen and oxygen atoms in total. The van der Waals surface area contributed by atoms with E-state index in [4.69, 9.17) is 4.42 Å². The van der Waals surface area contributed by atoms with Crippen LogP contribution in [0.4, 0.5) is 5.69 Å². The van der Waals surface area contributed by atoms with Crippen molar-refractivity contribution >= 4 is 22.7 Å². The highest BCUT2D eigenvalue weighted by atomic mass is 16.3. The highest BCUT2D eigenvalue weighted by Crippen LogP contribution is 2.16. The Morgan fingerprint density at radius 3 is 2.95 bits per heavy atom. The molecule has 2 aromatic carbocycles. The Kier molecular flexibility index (Phi) is 2.76. The molecular formula is C15H12N2O2. The van der Waals surface area contributed by atoms with Crippen molar-refractivity contribution in [2.24, 2.45) is 0 Å².